The van der Waals surface area contributed by atoms with Crippen molar-refractivity contribution in [3.05, 3.63) is 64.7 Å². The average molecular weight is 463 g/mol. The molecule has 1 aromatic carbocycles. The number of nitrogens with zero attached hydrogens (tertiary/aromatic N) is 6. The van der Waals surface area contributed by atoms with Gasteiger partial charge in [0.2, 0.25) is 5.88 Å². The molecule has 33 heavy (non-hydrogen) atoms. The first kappa shape index (κ1) is 21.8. The quantitative estimate of drug-likeness (QED) is 0.389. The fourth-order valence-electron chi connectivity index (χ4n) is 3.91. The van der Waals surface area contributed by atoms with E-state index in [2.05, 4.69) is 45.8 Å². The number of benzene rings is 1. The smallest absolute Gasteiger partial charge is 0.245 e. The summed E-state index contributed by atoms with van der Waals surface area (Å²) in [7, 11) is 4.08. The van der Waals surface area contributed by atoms with Crippen LogP contribution in [-0.4, -0.2) is 49.1 Å². The van der Waals surface area contributed by atoms with Crippen LogP contribution in [0.4, 0.5) is 0 Å². The Morgan fingerprint density at radius 2 is 1.94 bits per heavy atom. The molecule has 170 valence electrons. The van der Waals surface area contributed by atoms with E-state index in [0.29, 0.717) is 28.6 Å². The molecular weight excluding hydrogens is 436 g/mol. The van der Waals surface area contributed by atoms with Gasteiger partial charge in [-0.25, -0.2) is 9.97 Å². The van der Waals surface area contributed by atoms with Gasteiger partial charge in [0.15, 0.2) is 11.2 Å². The molecule has 0 unspecified atom stereocenters. The first-order chi connectivity index (χ1) is 15.8. The highest BCUT2D eigenvalue weighted by Gasteiger charge is 2.41. The van der Waals surface area contributed by atoms with Crippen LogP contribution in [0.15, 0.2) is 42.9 Å². The van der Waals surface area contributed by atoms with E-state index in [1.165, 1.54) is 6.33 Å². The molecule has 0 radical (unpaired) electrons. The maximum atomic E-state index is 6.78. The van der Waals surface area contributed by atoms with E-state index >= 15 is 0 Å². The van der Waals surface area contributed by atoms with Crippen LogP contribution < -0.4 is 4.74 Å². The second kappa shape index (κ2) is 8.39. The van der Waals surface area contributed by atoms with Crippen LogP contribution >= 0.6 is 11.6 Å². The summed E-state index contributed by atoms with van der Waals surface area (Å²) in [6.45, 7) is 5.47. The highest BCUT2D eigenvalue weighted by Crippen LogP contribution is 2.41. The van der Waals surface area contributed by atoms with Gasteiger partial charge in [-0.2, -0.15) is 4.98 Å². The molecule has 3 heterocycles. The second-order valence-electron chi connectivity index (χ2n) is 9.30. The van der Waals surface area contributed by atoms with Gasteiger partial charge < -0.3 is 14.2 Å². The molecule has 1 aliphatic carbocycles. The number of rotatable bonds is 7. The Morgan fingerprint density at radius 1 is 1.12 bits per heavy atom. The lowest BCUT2D eigenvalue weighted by atomic mass is 10.1. The molecule has 0 N–H and O–H groups in total. The zero-order chi connectivity index (χ0) is 23.2. The van der Waals surface area contributed by atoms with E-state index in [4.69, 9.17) is 21.3 Å². The van der Waals surface area contributed by atoms with Crippen molar-refractivity contribution < 1.29 is 4.74 Å². The number of hydrogen-bond donors (Lipinski definition) is 0. The van der Waals surface area contributed by atoms with E-state index < -0.39 is 0 Å². The lowest BCUT2D eigenvalue weighted by Gasteiger charge is -2.13. The van der Waals surface area contributed by atoms with Gasteiger partial charge in [0.05, 0.1) is 17.3 Å². The van der Waals surface area contributed by atoms with Crippen LogP contribution in [0.5, 0.6) is 5.88 Å². The molecule has 0 saturated heterocycles. The number of hydrogen-bond acceptors (Lipinski definition) is 6. The van der Waals surface area contributed by atoms with Gasteiger partial charge in [-0.3, -0.25) is 4.98 Å². The molecule has 7 nitrogen and oxygen atoms in total. The molecule has 1 fully saturated rings. The summed E-state index contributed by atoms with van der Waals surface area (Å²) >= 11 is 6.78. The van der Waals surface area contributed by atoms with Crippen LogP contribution in [0.1, 0.15) is 36.6 Å². The summed E-state index contributed by atoms with van der Waals surface area (Å²) in [5, 5.41) is 0.646. The maximum absolute atomic E-state index is 6.78. The minimum Gasteiger partial charge on any atom is -0.470 e. The molecular formula is C25H27ClN6O. The Bertz CT molecular complexity index is 1330. The molecule has 0 amide bonds. The average Bonchev–Trinajstić information content (AvgIpc) is 3.37. The third-order valence-electron chi connectivity index (χ3n) is 5.86. The summed E-state index contributed by atoms with van der Waals surface area (Å²) in [5.74, 6) is 1.23. The van der Waals surface area contributed by atoms with Gasteiger partial charge in [-0.05, 0) is 76.2 Å². The Balaban J connectivity index is 1.65. The van der Waals surface area contributed by atoms with Crippen molar-refractivity contribution in [1.29, 1.82) is 0 Å². The number of pyridine rings is 1. The van der Waals surface area contributed by atoms with E-state index in [9.17, 15) is 0 Å². The van der Waals surface area contributed by atoms with Crippen molar-refractivity contribution in [2.75, 3.05) is 14.1 Å². The van der Waals surface area contributed by atoms with E-state index in [0.717, 1.165) is 47.6 Å². The van der Waals surface area contributed by atoms with Crippen molar-refractivity contribution in [1.82, 2.24) is 29.4 Å². The molecule has 3 aromatic heterocycles. The molecule has 4 aromatic rings. The van der Waals surface area contributed by atoms with E-state index in [1.807, 2.05) is 43.1 Å². The van der Waals surface area contributed by atoms with Crippen molar-refractivity contribution in [3.63, 3.8) is 0 Å². The van der Waals surface area contributed by atoms with Crippen LogP contribution in [0.2, 0.25) is 5.02 Å². The highest BCUT2D eigenvalue weighted by atomic mass is 35.5. The van der Waals surface area contributed by atoms with Gasteiger partial charge in [-0.15, -0.1) is 0 Å². The van der Waals surface area contributed by atoms with E-state index in [-0.39, 0.29) is 5.60 Å². The van der Waals surface area contributed by atoms with Gasteiger partial charge in [-0.1, -0.05) is 17.7 Å². The fraction of sp³-hybridized carbons (Fsp3) is 0.360. The summed E-state index contributed by atoms with van der Waals surface area (Å²) in [6.07, 6.45) is 5.39. The van der Waals surface area contributed by atoms with Gasteiger partial charge in [0.25, 0.3) is 0 Å². The molecule has 0 atom stereocenters. The largest absolute Gasteiger partial charge is 0.470 e. The SMILES string of the molecule is Cc1ccnc(Cn2c(-c3ccc(CN(C)C)cc3Cl)nc3c(OC4(C)CC4)ncnc32)c1. The van der Waals surface area contributed by atoms with Crippen LogP contribution in [0.25, 0.3) is 22.6 Å². The number of ether oxygens (including phenoxy) is 1. The molecule has 1 saturated carbocycles. The fourth-order valence-corrected chi connectivity index (χ4v) is 4.20. The standard InChI is InChI=1S/C25H27ClN6O/c1-16-7-10-27-18(11-16)14-32-22(19-6-5-17(12-20(19)26)13-31(3)4)30-21-23(32)28-15-29-24(21)33-25(2)8-9-25/h5-7,10-12,15H,8-9,13-14H2,1-4H3. The monoisotopic (exact) mass is 462 g/mol. The highest BCUT2D eigenvalue weighted by molar-refractivity contribution is 6.33. The zero-order valence-corrected chi connectivity index (χ0v) is 20.1. The number of imidazole rings is 1. The molecule has 0 aliphatic heterocycles. The van der Waals surface area contributed by atoms with Gasteiger partial charge in [0.1, 0.15) is 17.8 Å². The molecule has 8 heteroatoms. The third-order valence-corrected chi connectivity index (χ3v) is 6.17. The molecule has 0 spiro atoms. The Hall–Kier alpha value is -3.03. The Morgan fingerprint density at radius 3 is 2.64 bits per heavy atom. The Kier molecular flexibility index (Phi) is 5.54. The lowest BCUT2D eigenvalue weighted by molar-refractivity contribution is 0.194. The lowest BCUT2D eigenvalue weighted by Crippen LogP contribution is -2.13. The van der Waals surface area contributed by atoms with Crippen LogP contribution in [0, 0.1) is 6.92 Å². The number of halogens is 1. The van der Waals surface area contributed by atoms with Gasteiger partial charge >= 0.3 is 0 Å². The molecule has 1 aliphatic rings. The van der Waals surface area contributed by atoms with E-state index in [1.54, 1.807) is 0 Å². The topological polar surface area (TPSA) is 69.0 Å². The minimum absolute atomic E-state index is 0.172. The Labute approximate surface area is 198 Å². The summed E-state index contributed by atoms with van der Waals surface area (Å²) in [6, 6.07) is 10.2. The predicted molar refractivity (Wildman–Crippen MR) is 130 cm³/mol. The third kappa shape index (κ3) is 4.56. The maximum Gasteiger partial charge on any atom is 0.245 e. The molecule has 5 rings (SSSR count). The normalized spacial score (nSPS) is 14.7. The van der Waals surface area contributed by atoms with Crippen LogP contribution in [-0.2, 0) is 13.1 Å². The van der Waals surface area contributed by atoms with Crippen molar-refractivity contribution in [3.8, 4) is 17.3 Å². The number of aromatic nitrogens is 5. The van der Waals surface area contributed by atoms with Crippen LogP contribution in [0.3, 0.4) is 0 Å². The van der Waals surface area contributed by atoms with Gasteiger partial charge in [0, 0.05) is 18.3 Å². The van der Waals surface area contributed by atoms with Crippen molar-refractivity contribution >= 4 is 22.8 Å². The molecule has 0 bridgehead atoms. The minimum atomic E-state index is -0.172. The zero-order valence-electron chi connectivity index (χ0n) is 19.3. The van der Waals surface area contributed by atoms with Crippen molar-refractivity contribution in [2.24, 2.45) is 0 Å². The number of fused-ring (bicyclic) bond motifs is 1. The summed E-state index contributed by atoms with van der Waals surface area (Å²) in [4.78, 5) is 20.6. The first-order valence-corrected chi connectivity index (χ1v) is 11.4. The summed E-state index contributed by atoms with van der Waals surface area (Å²) in [5.41, 5.74) is 5.23. The first-order valence-electron chi connectivity index (χ1n) is 11.1. The second-order valence-corrected chi connectivity index (χ2v) is 9.71. The number of aryl methyl sites for hydroxylation is 1. The summed E-state index contributed by atoms with van der Waals surface area (Å²) < 4.78 is 8.26. The van der Waals surface area contributed by atoms with Crippen molar-refractivity contribution in [2.45, 2.75) is 45.4 Å². The predicted octanol–water partition coefficient (Wildman–Crippen LogP) is 4.89.